The number of aliphatic imine (C=N–C) groups is 1. The minimum atomic E-state index is -0.379. The molecule has 0 N–H and O–H groups in total. The summed E-state index contributed by atoms with van der Waals surface area (Å²) in [6.07, 6.45) is 1.83. The van der Waals surface area contributed by atoms with Gasteiger partial charge in [0.15, 0.2) is 16.7 Å². The van der Waals surface area contributed by atoms with Crippen LogP contribution in [0.15, 0.2) is 94.8 Å². The van der Waals surface area contributed by atoms with E-state index in [9.17, 15) is 9.59 Å². The second-order valence-corrected chi connectivity index (χ2v) is 10.2. The molecular weight excluding hydrogens is 536 g/mol. The lowest BCUT2D eigenvalue weighted by atomic mass is 10.1. The van der Waals surface area contributed by atoms with Crippen molar-refractivity contribution in [3.05, 3.63) is 107 Å². The number of fused-ring (bicyclic) bond motifs is 1. The molecule has 1 heterocycles. The zero-order valence-corrected chi connectivity index (χ0v) is 23.9. The van der Waals surface area contributed by atoms with E-state index in [2.05, 4.69) is 29.3 Å². The molecule has 5 rings (SSSR count). The molecule has 0 radical (unpaired) electrons. The number of carbonyl (C=O) groups excluding carboxylic acids is 2. The van der Waals surface area contributed by atoms with E-state index >= 15 is 0 Å². The monoisotopic (exact) mass is 566 g/mol. The molecule has 4 aromatic rings. The molecule has 7 nitrogen and oxygen atoms in total. The summed E-state index contributed by atoms with van der Waals surface area (Å²) in [5, 5.41) is 2.87. The quantitative estimate of drug-likeness (QED) is 0.157. The predicted molar refractivity (Wildman–Crippen MR) is 164 cm³/mol. The van der Waals surface area contributed by atoms with Crippen molar-refractivity contribution in [3.63, 3.8) is 0 Å². The summed E-state index contributed by atoms with van der Waals surface area (Å²) in [7, 11) is 1.69. The SMILES string of the molecule is CCOC(=O)c1ccc(N=C2SC(=Cc3ccc(OCc4cccc5ccccc45)c(OCC)c3)C(=O)N2C)cc1. The van der Waals surface area contributed by atoms with Crippen LogP contribution in [0.3, 0.4) is 0 Å². The van der Waals surface area contributed by atoms with Crippen LogP contribution in [0.5, 0.6) is 11.5 Å². The number of amides is 1. The van der Waals surface area contributed by atoms with Crippen molar-refractivity contribution in [2.75, 3.05) is 20.3 Å². The summed E-state index contributed by atoms with van der Waals surface area (Å²) < 4.78 is 17.1. The molecule has 0 unspecified atom stereocenters. The Morgan fingerprint density at radius 1 is 0.902 bits per heavy atom. The van der Waals surface area contributed by atoms with Crippen LogP contribution < -0.4 is 9.47 Å². The molecule has 0 saturated carbocycles. The second kappa shape index (κ2) is 12.7. The standard InChI is InChI=1S/C33H30N2O5S/c1-4-38-29-19-22(13-18-28(29)40-21-25-11-8-10-23-9-6-7-12-27(23)25)20-30-31(36)35(3)33(41-30)34-26-16-14-24(15-17-26)32(37)39-5-2/h6-20H,4-5,21H2,1-3H3. The van der Waals surface area contributed by atoms with Gasteiger partial charge in [-0.1, -0.05) is 48.5 Å². The highest BCUT2D eigenvalue weighted by atomic mass is 32.2. The molecule has 1 saturated heterocycles. The van der Waals surface area contributed by atoms with Gasteiger partial charge in [0.2, 0.25) is 0 Å². The van der Waals surface area contributed by atoms with Crippen molar-refractivity contribution in [1.29, 1.82) is 0 Å². The van der Waals surface area contributed by atoms with Crippen LogP contribution in [0, 0.1) is 0 Å². The van der Waals surface area contributed by atoms with Gasteiger partial charge in [0.1, 0.15) is 6.61 Å². The lowest BCUT2D eigenvalue weighted by molar-refractivity contribution is -0.121. The van der Waals surface area contributed by atoms with Crippen molar-refractivity contribution < 1.29 is 23.8 Å². The van der Waals surface area contributed by atoms with E-state index in [0.29, 0.717) is 52.6 Å². The van der Waals surface area contributed by atoms with Gasteiger partial charge in [0, 0.05) is 7.05 Å². The van der Waals surface area contributed by atoms with Crippen LogP contribution in [-0.2, 0) is 16.1 Å². The Balaban J connectivity index is 1.33. The lowest BCUT2D eigenvalue weighted by Gasteiger charge is -2.14. The average molecular weight is 567 g/mol. The van der Waals surface area contributed by atoms with E-state index in [4.69, 9.17) is 14.2 Å². The Bertz CT molecular complexity index is 1640. The summed E-state index contributed by atoms with van der Waals surface area (Å²) in [5.74, 6) is 0.724. The maximum atomic E-state index is 13.0. The Labute approximate surface area is 243 Å². The summed E-state index contributed by atoms with van der Waals surface area (Å²) in [6.45, 7) is 4.89. The molecule has 0 bridgehead atoms. The molecule has 41 heavy (non-hydrogen) atoms. The highest BCUT2D eigenvalue weighted by molar-refractivity contribution is 8.18. The Morgan fingerprint density at radius 2 is 1.68 bits per heavy atom. The topological polar surface area (TPSA) is 77.4 Å². The number of hydrogen-bond acceptors (Lipinski definition) is 7. The van der Waals surface area contributed by atoms with Crippen LogP contribution in [-0.4, -0.2) is 42.2 Å². The van der Waals surface area contributed by atoms with E-state index in [-0.39, 0.29) is 11.9 Å². The van der Waals surface area contributed by atoms with Crippen LogP contribution in [0.2, 0.25) is 0 Å². The fourth-order valence-corrected chi connectivity index (χ4v) is 5.36. The van der Waals surface area contributed by atoms with Crippen molar-refractivity contribution in [2.45, 2.75) is 20.5 Å². The van der Waals surface area contributed by atoms with Crippen molar-refractivity contribution in [3.8, 4) is 11.5 Å². The van der Waals surface area contributed by atoms with E-state index in [1.54, 1.807) is 38.2 Å². The minimum absolute atomic E-state index is 0.147. The van der Waals surface area contributed by atoms with Gasteiger partial charge in [0.25, 0.3) is 5.91 Å². The number of esters is 1. The highest BCUT2D eigenvalue weighted by Gasteiger charge is 2.30. The summed E-state index contributed by atoms with van der Waals surface area (Å²) in [6, 6.07) is 26.9. The summed E-state index contributed by atoms with van der Waals surface area (Å²) in [5.41, 5.74) is 2.99. The Kier molecular flexibility index (Phi) is 8.70. The predicted octanol–water partition coefficient (Wildman–Crippen LogP) is 7.23. The molecule has 0 spiro atoms. The van der Waals surface area contributed by atoms with Crippen molar-refractivity contribution in [2.24, 2.45) is 4.99 Å². The molecule has 4 aromatic carbocycles. The first-order valence-corrected chi connectivity index (χ1v) is 14.2. The highest BCUT2D eigenvalue weighted by Crippen LogP contribution is 2.36. The lowest BCUT2D eigenvalue weighted by Crippen LogP contribution is -2.23. The third-order valence-electron chi connectivity index (χ3n) is 6.44. The molecule has 1 aliphatic heterocycles. The van der Waals surface area contributed by atoms with Crippen LogP contribution in [0.25, 0.3) is 16.8 Å². The maximum Gasteiger partial charge on any atom is 0.338 e. The number of hydrogen-bond donors (Lipinski definition) is 0. The zero-order chi connectivity index (χ0) is 28.8. The molecule has 1 amide bonds. The van der Waals surface area contributed by atoms with E-state index < -0.39 is 0 Å². The van der Waals surface area contributed by atoms with Gasteiger partial charge in [-0.2, -0.15) is 0 Å². The number of rotatable bonds is 9. The van der Waals surface area contributed by atoms with Crippen LogP contribution >= 0.6 is 11.8 Å². The second-order valence-electron chi connectivity index (χ2n) is 9.20. The van der Waals surface area contributed by atoms with Gasteiger partial charge in [-0.25, -0.2) is 9.79 Å². The normalized spacial score (nSPS) is 15.1. The number of benzene rings is 4. The van der Waals surface area contributed by atoms with Gasteiger partial charge in [-0.3, -0.25) is 9.69 Å². The van der Waals surface area contributed by atoms with Crippen LogP contribution in [0.4, 0.5) is 5.69 Å². The molecule has 208 valence electrons. The smallest absolute Gasteiger partial charge is 0.338 e. The fraction of sp³-hybridized carbons (Fsp3) is 0.182. The Morgan fingerprint density at radius 3 is 2.46 bits per heavy atom. The van der Waals surface area contributed by atoms with Gasteiger partial charge < -0.3 is 14.2 Å². The maximum absolute atomic E-state index is 13.0. The molecule has 8 heteroatoms. The van der Waals surface area contributed by atoms with Gasteiger partial charge in [-0.15, -0.1) is 0 Å². The summed E-state index contributed by atoms with van der Waals surface area (Å²) in [4.78, 5) is 31.6. The van der Waals surface area contributed by atoms with E-state index in [0.717, 1.165) is 16.5 Å². The first-order chi connectivity index (χ1) is 20.0. The van der Waals surface area contributed by atoms with E-state index in [1.807, 2.05) is 49.4 Å². The molecular formula is C33H30N2O5S. The number of amidine groups is 1. The van der Waals surface area contributed by atoms with Crippen molar-refractivity contribution in [1.82, 2.24) is 4.90 Å². The first-order valence-electron chi connectivity index (χ1n) is 13.4. The van der Waals surface area contributed by atoms with Gasteiger partial charge in [-0.05, 0) is 90.0 Å². The molecule has 1 fully saturated rings. The summed E-state index contributed by atoms with van der Waals surface area (Å²) >= 11 is 1.29. The zero-order valence-electron chi connectivity index (χ0n) is 23.1. The largest absolute Gasteiger partial charge is 0.490 e. The first kappa shape index (κ1) is 28.0. The average Bonchev–Trinajstić information content (AvgIpc) is 3.24. The van der Waals surface area contributed by atoms with Gasteiger partial charge >= 0.3 is 5.97 Å². The number of nitrogens with zero attached hydrogens (tertiary/aromatic N) is 2. The van der Waals surface area contributed by atoms with E-state index in [1.165, 1.54) is 22.0 Å². The van der Waals surface area contributed by atoms with Gasteiger partial charge in [0.05, 0.1) is 29.4 Å². The van der Waals surface area contributed by atoms with Crippen LogP contribution in [0.1, 0.15) is 35.3 Å². The fourth-order valence-electron chi connectivity index (χ4n) is 4.38. The molecule has 1 aliphatic rings. The number of carbonyl (C=O) groups is 2. The Hall–Kier alpha value is -4.56. The number of ether oxygens (including phenoxy) is 3. The molecule has 0 aliphatic carbocycles. The third kappa shape index (κ3) is 6.44. The molecule has 0 atom stereocenters. The third-order valence-corrected chi connectivity index (χ3v) is 7.50. The number of thioether (sulfide) groups is 1. The minimum Gasteiger partial charge on any atom is -0.490 e. The van der Waals surface area contributed by atoms with Crippen molar-refractivity contribution >= 4 is 51.3 Å². The molecule has 0 aromatic heterocycles. The number of likely N-dealkylation sites (N-methyl/N-ethyl adjacent to an activating group) is 1.